The van der Waals surface area contributed by atoms with Crippen molar-refractivity contribution in [2.45, 2.75) is 52.4 Å². The van der Waals surface area contributed by atoms with Crippen molar-refractivity contribution in [2.75, 3.05) is 7.11 Å². The van der Waals surface area contributed by atoms with E-state index in [2.05, 4.69) is 10.5 Å². The Hall–Kier alpha value is -3.03. The lowest BCUT2D eigenvalue weighted by Crippen LogP contribution is -2.37. The number of aromatic nitrogens is 1. The van der Waals surface area contributed by atoms with Gasteiger partial charge in [-0.25, -0.2) is 4.79 Å². The van der Waals surface area contributed by atoms with Crippen LogP contribution in [0.25, 0.3) is 0 Å². The molecule has 0 bridgehead atoms. The Morgan fingerprint density at radius 2 is 2.04 bits per heavy atom. The molecule has 0 spiro atoms. The van der Waals surface area contributed by atoms with E-state index >= 15 is 0 Å². The first-order valence-electron chi connectivity index (χ1n) is 9.13. The lowest BCUT2D eigenvalue weighted by molar-refractivity contribution is -0.129. The Morgan fingerprint density at radius 3 is 2.64 bits per heavy atom. The average Bonchev–Trinajstić information content (AvgIpc) is 3.44. The van der Waals surface area contributed by atoms with Crippen molar-refractivity contribution in [3.05, 3.63) is 40.8 Å². The van der Waals surface area contributed by atoms with E-state index in [0.717, 1.165) is 24.1 Å². The van der Waals surface area contributed by atoms with Gasteiger partial charge in [0.2, 0.25) is 0 Å². The second-order valence-corrected chi connectivity index (χ2v) is 6.79. The van der Waals surface area contributed by atoms with E-state index in [-0.39, 0.29) is 24.1 Å². The molecule has 0 saturated heterocycles. The minimum Gasteiger partial charge on any atom is -0.493 e. The van der Waals surface area contributed by atoms with Crippen molar-refractivity contribution in [3.8, 4) is 11.5 Å². The minimum absolute atomic E-state index is 0.211. The monoisotopic (exact) mass is 388 g/mol. The number of hydrogen-bond acceptors (Lipinski definition) is 7. The Labute approximate surface area is 163 Å². The molecule has 0 radical (unpaired) electrons. The van der Waals surface area contributed by atoms with Gasteiger partial charge in [-0.3, -0.25) is 4.79 Å². The first-order chi connectivity index (χ1) is 13.4. The number of aryl methyl sites for hydroxylation is 2. The molecule has 0 unspecified atom stereocenters. The summed E-state index contributed by atoms with van der Waals surface area (Å²) in [5, 5.41) is 6.70. The number of nitrogens with one attached hydrogen (secondary N) is 1. The normalized spacial score (nSPS) is 14.3. The fourth-order valence-corrected chi connectivity index (χ4v) is 2.60. The third kappa shape index (κ3) is 4.62. The number of carbonyl (C=O) groups is 2. The molecule has 28 heavy (non-hydrogen) atoms. The fourth-order valence-electron chi connectivity index (χ4n) is 2.60. The SMILES string of the molecule is COc1cc(C(=O)O[C@@H](C)C(=O)NC2CC2)ccc1OCc1c(C)noc1C. The largest absolute Gasteiger partial charge is 0.493 e. The molecule has 1 saturated carbocycles. The average molecular weight is 388 g/mol. The van der Waals surface area contributed by atoms with Gasteiger partial charge in [0.25, 0.3) is 5.91 Å². The molecule has 8 heteroatoms. The molecule has 150 valence electrons. The minimum atomic E-state index is -0.866. The molecule has 1 heterocycles. The molecule has 0 aliphatic heterocycles. The molecule has 2 aromatic rings. The summed E-state index contributed by atoms with van der Waals surface area (Å²) in [7, 11) is 1.49. The van der Waals surface area contributed by atoms with Crippen molar-refractivity contribution in [1.29, 1.82) is 0 Å². The van der Waals surface area contributed by atoms with Crippen molar-refractivity contribution < 1.29 is 28.3 Å². The van der Waals surface area contributed by atoms with Gasteiger partial charge in [0.05, 0.1) is 23.9 Å². The molecular formula is C20H24N2O6. The quantitative estimate of drug-likeness (QED) is 0.694. The van der Waals surface area contributed by atoms with Gasteiger partial charge < -0.3 is 24.1 Å². The summed E-state index contributed by atoms with van der Waals surface area (Å²) in [6, 6.07) is 4.93. The van der Waals surface area contributed by atoms with Crippen LogP contribution in [0.4, 0.5) is 0 Å². The van der Waals surface area contributed by atoms with E-state index in [9.17, 15) is 9.59 Å². The van der Waals surface area contributed by atoms with Gasteiger partial charge >= 0.3 is 5.97 Å². The molecule has 1 aliphatic carbocycles. The molecule has 1 N–H and O–H groups in total. The second-order valence-electron chi connectivity index (χ2n) is 6.79. The summed E-state index contributed by atoms with van der Waals surface area (Å²) in [6.07, 6.45) is 1.08. The number of hydrogen-bond donors (Lipinski definition) is 1. The van der Waals surface area contributed by atoms with Crippen LogP contribution in [0, 0.1) is 13.8 Å². The topological polar surface area (TPSA) is 99.9 Å². The highest BCUT2D eigenvalue weighted by atomic mass is 16.5. The van der Waals surface area contributed by atoms with Crippen LogP contribution in [0.15, 0.2) is 22.7 Å². The molecule has 1 amide bonds. The summed E-state index contributed by atoms with van der Waals surface area (Å²) >= 11 is 0. The Bertz CT molecular complexity index is 852. The number of nitrogens with zero attached hydrogens (tertiary/aromatic N) is 1. The van der Waals surface area contributed by atoms with Gasteiger partial charge in [0, 0.05) is 6.04 Å². The number of benzene rings is 1. The highest BCUT2D eigenvalue weighted by Crippen LogP contribution is 2.30. The molecule has 8 nitrogen and oxygen atoms in total. The summed E-state index contributed by atoms with van der Waals surface area (Å²) in [5.41, 5.74) is 1.89. The smallest absolute Gasteiger partial charge is 0.339 e. The van der Waals surface area contributed by atoms with Crippen LogP contribution in [0.5, 0.6) is 11.5 Å². The van der Waals surface area contributed by atoms with Crippen LogP contribution in [0.2, 0.25) is 0 Å². The number of rotatable bonds is 8. The van der Waals surface area contributed by atoms with Crippen molar-refractivity contribution >= 4 is 11.9 Å². The molecule has 1 aromatic carbocycles. The number of esters is 1. The predicted octanol–water partition coefficient (Wildman–Crippen LogP) is 2.70. The summed E-state index contributed by atoms with van der Waals surface area (Å²) in [4.78, 5) is 24.3. The van der Waals surface area contributed by atoms with Crippen molar-refractivity contribution in [2.24, 2.45) is 0 Å². The van der Waals surface area contributed by atoms with Crippen LogP contribution in [0.1, 0.15) is 47.1 Å². The van der Waals surface area contributed by atoms with Crippen molar-refractivity contribution in [3.63, 3.8) is 0 Å². The van der Waals surface area contributed by atoms with E-state index in [1.165, 1.54) is 13.2 Å². The van der Waals surface area contributed by atoms with Crippen LogP contribution >= 0.6 is 0 Å². The molecule has 1 fully saturated rings. The van der Waals surface area contributed by atoms with E-state index in [1.807, 2.05) is 13.8 Å². The standard InChI is InChI=1S/C20H24N2O6/c1-11-16(12(2)28-22-11)10-26-17-8-5-14(9-18(17)25-4)20(24)27-13(3)19(23)21-15-6-7-15/h5,8-9,13,15H,6-7,10H2,1-4H3,(H,21,23)/t13-/m0/s1. The Morgan fingerprint density at radius 1 is 1.29 bits per heavy atom. The van der Waals surface area contributed by atoms with E-state index in [0.29, 0.717) is 17.3 Å². The van der Waals surface area contributed by atoms with Crippen LogP contribution < -0.4 is 14.8 Å². The van der Waals surface area contributed by atoms with Gasteiger partial charge in [0.15, 0.2) is 17.6 Å². The molecule has 1 aliphatic rings. The fraction of sp³-hybridized carbons (Fsp3) is 0.450. The van der Waals surface area contributed by atoms with Gasteiger partial charge in [-0.2, -0.15) is 0 Å². The van der Waals surface area contributed by atoms with Gasteiger partial charge in [-0.1, -0.05) is 5.16 Å². The van der Waals surface area contributed by atoms with Crippen molar-refractivity contribution in [1.82, 2.24) is 10.5 Å². The molecule has 1 aromatic heterocycles. The zero-order valence-electron chi connectivity index (χ0n) is 16.4. The number of carbonyl (C=O) groups excluding carboxylic acids is 2. The van der Waals surface area contributed by atoms with Gasteiger partial charge in [-0.05, 0) is 51.8 Å². The maximum absolute atomic E-state index is 12.4. The second kappa shape index (κ2) is 8.33. The third-order valence-corrected chi connectivity index (χ3v) is 4.53. The molecular weight excluding hydrogens is 364 g/mol. The van der Waals surface area contributed by atoms with Gasteiger partial charge in [-0.15, -0.1) is 0 Å². The van der Waals surface area contributed by atoms with E-state index in [4.69, 9.17) is 18.7 Å². The summed E-state index contributed by atoms with van der Waals surface area (Å²) < 4.78 is 21.5. The van der Waals surface area contributed by atoms with Gasteiger partial charge in [0.1, 0.15) is 12.4 Å². The number of ether oxygens (including phenoxy) is 3. The van der Waals surface area contributed by atoms with E-state index in [1.54, 1.807) is 19.1 Å². The maximum atomic E-state index is 12.4. The zero-order chi connectivity index (χ0) is 20.3. The third-order valence-electron chi connectivity index (χ3n) is 4.53. The summed E-state index contributed by atoms with van der Waals surface area (Å²) in [6.45, 7) is 5.47. The Balaban J connectivity index is 1.64. The number of methoxy groups -OCH3 is 1. The van der Waals surface area contributed by atoms with E-state index < -0.39 is 12.1 Å². The molecule has 1 atom stereocenters. The molecule has 3 rings (SSSR count). The first kappa shape index (κ1) is 19.7. The first-order valence-corrected chi connectivity index (χ1v) is 9.13. The van der Waals surface area contributed by atoms with Crippen LogP contribution in [0.3, 0.4) is 0 Å². The van der Waals surface area contributed by atoms with Crippen LogP contribution in [-0.2, 0) is 16.1 Å². The number of amides is 1. The predicted molar refractivity (Wildman–Crippen MR) is 99.3 cm³/mol. The summed E-state index contributed by atoms with van der Waals surface area (Å²) in [5.74, 6) is 0.654. The highest BCUT2D eigenvalue weighted by molar-refractivity contribution is 5.93. The lowest BCUT2D eigenvalue weighted by Gasteiger charge is -2.15. The Kier molecular flexibility index (Phi) is 5.87. The highest BCUT2D eigenvalue weighted by Gasteiger charge is 2.27. The maximum Gasteiger partial charge on any atom is 0.339 e. The van der Waals surface area contributed by atoms with Crippen LogP contribution in [-0.4, -0.2) is 36.3 Å². The zero-order valence-corrected chi connectivity index (χ0v) is 16.4. The lowest BCUT2D eigenvalue weighted by atomic mass is 10.2.